The third kappa shape index (κ3) is 6.19. The average molecular weight is 430 g/mol. The number of benzene rings is 3. The number of rotatable bonds is 8. The minimum atomic E-state index is -0.354. The van der Waals surface area contributed by atoms with Gasteiger partial charge in [0.1, 0.15) is 17.3 Å². The Morgan fingerprint density at radius 2 is 1.62 bits per heavy atom. The van der Waals surface area contributed by atoms with Crippen LogP contribution in [0.2, 0.25) is 0 Å². The number of carbonyl (C=O) groups excluding carboxylic acids is 1. The first-order chi connectivity index (χ1) is 15.5. The van der Waals surface area contributed by atoms with E-state index in [1.807, 2.05) is 0 Å². The smallest absolute Gasteiger partial charge is 0.247 e. The molecule has 3 rings (SSSR count). The fourth-order valence-electron chi connectivity index (χ4n) is 3.17. The lowest BCUT2D eigenvalue weighted by molar-refractivity contribution is -0.127. The van der Waals surface area contributed by atoms with E-state index in [0.29, 0.717) is 29.2 Å². The van der Waals surface area contributed by atoms with Crippen molar-refractivity contribution >= 4 is 12.0 Å². The summed E-state index contributed by atoms with van der Waals surface area (Å²) in [7, 11) is 3.12. The average Bonchev–Trinajstić information content (AvgIpc) is 2.82. The highest BCUT2D eigenvalue weighted by Gasteiger charge is 2.13. The van der Waals surface area contributed by atoms with Gasteiger partial charge in [-0.05, 0) is 59.2 Å². The van der Waals surface area contributed by atoms with Gasteiger partial charge < -0.3 is 14.4 Å². The zero-order valence-electron chi connectivity index (χ0n) is 17.9. The number of hydrogen-bond donors (Lipinski definition) is 0. The van der Waals surface area contributed by atoms with Gasteiger partial charge >= 0.3 is 0 Å². The van der Waals surface area contributed by atoms with Crippen LogP contribution >= 0.6 is 0 Å². The van der Waals surface area contributed by atoms with Crippen molar-refractivity contribution in [1.82, 2.24) is 4.90 Å². The van der Waals surface area contributed by atoms with Gasteiger partial charge in [-0.2, -0.15) is 5.26 Å². The van der Waals surface area contributed by atoms with Gasteiger partial charge in [-0.1, -0.05) is 24.3 Å². The second-order valence-electron chi connectivity index (χ2n) is 7.11. The van der Waals surface area contributed by atoms with Gasteiger partial charge in [-0.15, -0.1) is 0 Å². The molecule has 32 heavy (non-hydrogen) atoms. The fraction of sp³-hybridized carbons (Fsp3) is 0.154. The molecule has 162 valence electrons. The fourth-order valence-corrected chi connectivity index (χ4v) is 3.17. The maximum atomic E-state index is 13.7. The van der Waals surface area contributed by atoms with Crippen LogP contribution in [0.25, 0.3) is 6.08 Å². The van der Waals surface area contributed by atoms with Gasteiger partial charge in [0, 0.05) is 25.2 Å². The zero-order chi connectivity index (χ0) is 22.9. The third-order valence-corrected chi connectivity index (χ3v) is 4.82. The van der Waals surface area contributed by atoms with Crippen LogP contribution in [0.5, 0.6) is 11.5 Å². The molecule has 6 heteroatoms. The lowest BCUT2D eigenvalue weighted by Gasteiger charge is -2.22. The van der Waals surface area contributed by atoms with E-state index >= 15 is 0 Å². The summed E-state index contributed by atoms with van der Waals surface area (Å²) in [4.78, 5) is 14.7. The molecular formula is C26H23FN2O3. The van der Waals surface area contributed by atoms with E-state index in [2.05, 4.69) is 6.07 Å². The van der Waals surface area contributed by atoms with E-state index in [0.717, 1.165) is 11.1 Å². The Hall–Kier alpha value is -4.11. The van der Waals surface area contributed by atoms with Gasteiger partial charge in [0.05, 0.1) is 25.9 Å². The van der Waals surface area contributed by atoms with E-state index in [-0.39, 0.29) is 18.3 Å². The molecule has 0 radical (unpaired) electrons. The molecule has 3 aromatic carbocycles. The highest BCUT2D eigenvalue weighted by Crippen LogP contribution is 2.23. The first kappa shape index (κ1) is 22.6. The molecule has 0 aromatic heterocycles. The Morgan fingerprint density at radius 3 is 2.22 bits per heavy atom. The van der Waals surface area contributed by atoms with E-state index in [1.54, 1.807) is 79.8 Å². The molecule has 5 nitrogen and oxygen atoms in total. The molecule has 1 amide bonds. The van der Waals surface area contributed by atoms with E-state index < -0.39 is 0 Å². The number of halogens is 1. The van der Waals surface area contributed by atoms with Crippen molar-refractivity contribution in [3.8, 4) is 17.6 Å². The van der Waals surface area contributed by atoms with E-state index in [4.69, 9.17) is 14.7 Å². The number of hydrogen-bond acceptors (Lipinski definition) is 4. The summed E-state index contributed by atoms with van der Waals surface area (Å²) in [6.07, 6.45) is 3.15. The monoisotopic (exact) mass is 430 g/mol. The van der Waals surface area contributed by atoms with Crippen LogP contribution in [0.4, 0.5) is 4.39 Å². The molecule has 0 bridgehead atoms. The molecule has 0 aliphatic carbocycles. The van der Waals surface area contributed by atoms with Crippen molar-refractivity contribution in [3.05, 3.63) is 101 Å². The van der Waals surface area contributed by atoms with Crippen molar-refractivity contribution in [2.75, 3.05) is 14.2 Å². The molecule has 0 N–H and O–H groups in total. The molecule has 0 saturated carbocycles. The molecule has 0 fully saturated rings. The first-order valence-electron chi connectivity index (χ1n) is 9.94. The van der Waals surface area contributed by atoms with Crippen molar-refractivity contribution in [3.63, 3.8) is 0 Å². The third-order valence-electron chi connectivity index (χ3n) is 4.82. The predicted octanol–water partition coefficient (Wildman–Crippen LogP) is 4.96. The lowest BCUT2D eigenvalue weighted by Crippen LogP contribution is -2.28. The van der Waals surface area contributed by atoms with Crippen LogP contribution in [0, 0.1) is 17.1 Å². The molecule has 0 atom stereocenters. The molecular weight excluding hydrogens is 407 g/mol. The van der Waals surface area contributed by atoms with E-state index in [1.165, 1.54) is 18.2 Å². The van der Waals surface area contributed by atoms with E-state index in [9.17, 15) is 9.18 Å². The Balaban J connectivity index is 1.84. The van der Waals surface area contributed by atoms with Crippen LogP contribution in [-0.4, -0.2) is 25.0 Å². The number of nitrogens with zero attached hydrogens (tertiary/aromatic N) is 2. The maximum absolute atomic E-state index is 13.7. The molecule has 0 aliphatic heterocycles. The molecule has 0 spiro atoms. The summed E-state index contributed by atoms with van der Waals surface area (Å²) in [6.45, 7) is 0.551. The summed E-state index contributed by atoms with van der Waals surface area (Å²) in [5, 5.41) is 9.00. The normalized spacial score (nSPS) is 10.6. The second kappa shape index (κ2) is 10.8. The summed E-state index contributed by atoms with van der Waals surface area (Å²) in [5.41, 5.74) is 2.84. The minimum absolute atomic E-state index is 0.236. The highest BCUT2D eigenvalue weighted by molar-refractivity contribution is 5.91. The van der Waals surface area contributed by atoms with Crippen molar-refractivity contribution < 1.29 is 18.7 Å². The second-order valence-corrected chi connectivity index (χ2v) is 7.11. The standard InChI is InChI=1S/C26H23FN2O3/c1-31-24-13-21(14-25(15-24)32-2)10-11-26(30)29(18-22-4-3-5-23(27)12-22)17-20-8-6-19(16-28)7-9-20/h3-15H,17-18H2,1-2H3/b11-10-. The molecule has 0 unspecified atom stereocenters. The number of nitriles is 1. The first-order valence-corrected chi connectivity index (χ1v) is 9.94. The Bertz CT molecular complexity index is 1130. The molecule has 0 saturated heterocycles. The Labute approximate surface area is 186 Å². The summed E-state index contributed by atoms with van der Waals surface area (Å²) in [5.74, 6) is 0.643. The number of methoxy groups -OCH3 is 2. The van der Waals surface area contributed by atoms with Crippen molar-refractivity contribution in [2.24, 2.45) is 0 Å². The SMILES string of the molecule is COc1cc(/C=C\C(=O)N(Cc2ccc(C#N)cc2)Cc2cccc(F)c2)cc(OC)c1. The van der Waals surface area contributed by atoms with Crippen LogP contribution < -0.4 is 9.47 Å². The van der Waals surface area contributed by atoms with Crippen LogP contribution in [-0.2, 0) is 17.9 Å². The molecule has 3 aromatic rings. The lowest BCUT2D eigenvalue weighted by atomic mass is 10.1. The van der Waals surface area contributed by atoms with Crippen LogP contribution in [0.1, 0.15) is 22.3 Å². The van der Waals surface area contributed by atoms with Gasteiger partial charge in [0.2, 0.25) is 5.91 Å². The molecule has 0 aliphatic rings. The predicted molar refractivity (Wildman–Crippen MR) is 120 cm³/mol. The van der Waals surface area contributed by atoms with Crippen LogP contribution in [0.3, 0.4) is 0 Å². The zero-order valence-corrected chi connectivity index (χ0v) is 17.9. The summed E-state index contributed by atoms with van der Waals surface area (Å²) < 4.78 is 24.2. The van der Waals surface area contributed by atoms with Crippen LogP contribution in [0.15, 0.2) is 72.8 Å². The van der Waals surface area contributed by atoms with Gasteiger partial charge in [-0.25, -0.2) is 4.39 Å². The van der Waals surface area contributed by atoms with Gasteiger partial charge in [0.25, 0.3) is 0 Å². The number of amides is 1. The largest absolute Gasteiger partial charge is 0.497 e. The Morgan fingerprint density at radius 1 is 0.969 bits per heavy atom. The highest BCUT2D eigenvalue weighted by atomic mass is 19.1. The maximum Gasteiger partial charge on any atom is 0.247 e. The summed E-state index contributed by atoms with van der Waals surface area (Å²) in [6, 6.07) is 20.6. The summed E-state index contributed by atoms with van der Waals surface area (Å²) >= 11 is 0. The minimum Gasteiger partial charge on any atom is -0.497 e. The quantitative estimate of drug-likeness (QED) is 0.474. The van der Waals surface area contributed by atoms with Crippen molar-refractivity contribution in [1.29, 1.82) is 5.26 Å². The van der Waals surface area contributed by atoms with Gasteiger partial charge in [-0.3, -0.25) is 4.79 Å². The topological polar surface area (TPSA) is 62.6 Å². The Kier molecular flexibility index (Phi) is 7.60. The number of carbonyl (C=O) groups is 1. The number of ether oxygens (including phenoxy) is 2. The van der Waals surface area contributed by atoms with Gasteiger partial charge in [0.15, 0.2) is 0 Å². The molecule has 0 heterocycles. The van der Waals surface area contributed by atoms with Crippen molar-refractivity contribution in [2.45, 2.75) is 13.1 Å².